The van der Waals surface area contributed by atoms with E-state index in [0.29, 0.717) is 19.5 Å². The Hall–Kier alpha value is -1.73. The number of amides is 2. The normalized spacial score (nSPS) is 16.3. The van der Waals surface area contributed by atoms with Gasteiger partial charge in [0.1, 0.15) is 12.6 Å². The molecule has 7 heteroatoms. The van der Waals surface area contributed by atoms with Crippen LogP contribution in [0.2, 0.25) is 0 Å². The number of rotatable bonds is 7. The first-order chi connectivity index (χ1) is 12.1. The van der Waals surface area contributed by atoms with Gasteiger partial charge in [0.25, 0.3) is 0 Å². The largest absolute Gasteiger partial charge is 0.467 e. The highest BCUT2D eigenvalue weighted by Gasteiger charge is 2.27. The van der Waals surface area contributed by atoms with Crippen LogP contribution in [-0.4, -0.2) is 68.2 Å². The molecule has 0 aromatic heterocycles. The molecule has 138 valence electrons. The molecule has 1 aliphatic rings. The van der Waals surface area contributed by atoms with Gasteiger partial charge in [-0.25, -0.2) is 9.59 Å². The quantitative estimate of drug-likeness (QED) is 0.686. The van der Waals surface area contributed by atoms with Crippen LogP contribution in [0.4, 0.5) is 4.79 Å². The predicted molar refractivity (Wildman–Crippen MR) is 99.8 cm³/mol. The van der Waals surface area contributed by atoms with Crippen molar-refractivity contribution < 1.29 is 19.2 Å². The summed E-state index contributed by atoms with van der Waals surface area (Å²) in [6.45, 7) is 4.20. The molecule has 1 saturated heterocycles. The molecule has 1 fully saturated rings. The highest BCUT2D eigenvalue weighted by Crippen LogP contribution is 2.04. The number of ether oxygens (including phenoxy) is 1. The van der Waals surface area contributed by atoms with E-state index in [1.54, 1.807) is 16.7 Å². The Kier molecular flexibility index (Phi) is 8.08. The van der Waals surface area contributed by atoms with Gasteiger partial charge in [-0.15, -0.1) is 0 Å². The summed E-state index contributed by atoms with van der Waals surface area (Å²) in [7, 11) is 1.35. The van der Waals surface area contributed by atoms with Gasteiger partial charge in [0.05, 0.1) is 33.3 Å². The van der Waals surface area contributed by atoms with Gasteiger partial charge < -0.3 is 19.9 Å². The molecule has 2 rings (SSSR count). The second kappa shape index (κ2) is 10.3. The molecular formula is C18H28N3O3S+. The standard InChI is InChI=1S/C18H27N3O3S/c1-24-17(22)16(8-13-25-2)19-18(23)21-11-9-20(10-12-21)14-15-6-4-3-5-7-15/h3-7,16H,8-14H2,1-2H3,(H,19,23)/p+1/t16-/m0/s1. The summed E-state index contributed by atoms with van der Waals surface area (Å²) < 4.78 is 4.80. The summed E-state index contributed by atoms with van der Waals surface area (Å²) in [5.41, 5.74) is 1.32. The molecule has 0 spiro atoms. The third-order valence-corrected chi connectivity index (χ3v) is 5.09. The highest BCUT2D eigenvalue weighted by molar-refractivity contribution is 7.98. The summed E-state index contributed by atoms with van der Waals surface area (Å²) in [4.78, 5) is 27.5. The molecule has 25 heavy (non-hydrogen) atoms. The number of carbonyl (C=O) groups is 2. The fourth-order valence-electron chi connectivity index (χ4n) is 2.95. The molecule has 1 atom stereocenters. The van der Waals surface area contributed by atoms with Crippen molar-refractivity contribution in [3.63, 3.8) is 0 Å². The molecule has 0 bridgehead atoms. The van der Waals surface area contributed by atoms with Crippen LogP contribution in [-0.2, 0) is 16.1 Å². The molecule has 2 amide bonds. The molecule has 0 aliphatic carbocycles. The average Bonchev–Trinajstić information content (AvgIpc) is 2.65. The van der Waals surface area contributed by atoms with E-state index in [1.807, 2.05) is 12.3 Å². The third-order valence-electron chi connectivity index (χ3n) is 4.45. The van der Waals surface area contributed by atoms with E-state index in [2.05, 4.69) is 29.6 Å². The number of hydrogen-bond donors (Lipinski definition) is 2. The fourth-order valence-corrected chi connectivity index (χ4v) is 3.43. The lowest BCUT2D eigenvalue weighted by Crippen LogP contribution is -3.13. The minimum atomic E-state index is -0.570. The van der Waals surface area contributed by atoms with Crippen LogP contribution >= 0.6 is 11.8 Å². The van der Waals surface area contributed by atoms with E-state index in [1.165, 1.54) is 17.6 Å². The molecule has 0 saturated carbocycles. The number of urea groups is 1. The van der Waals surface area contributed by atoms with Crippen molar-refractivity contribution in [1.82, 2.24) is 10.2 Å². The minimum Gasteiger partial charge on any atom is -0.467 e. The van der Waals surface area contributed by atoms with Crippen LogP contribution in [0.15, 0.2) is 30.3 Å². The Morgan fingerprint density at radius 2 is 1.96 bits per heavy atom. The van der Waals surface area contributed by atoms with Gasteiger partial charge in [0.15, 0.2) is 0 Å². The number of quaternary nitrogens is 1. The Bertz CT molecular complexity index is 548. The van der Waals surface area contributed by atoms with E-state index in [4.69, 9.17) is 4.74 Å². The zero-order chi connectivity index (χ0) is 18.1. The summed E-state index contributed by atoms with van der Waals surface area (Å²) in [5, 5.41) is 2.83. The monoisotopic (exact) mass is 366 g/mol. The number of carbonyl (C=O) groups excluding carboxylic acids is 2. The first-order valence-electron chi connectivity index (χ1n) is 8.63. The van der Waals surface area contributed by atoms with E-state index in [-0.39, 0.29) is 12.0 Å². The SMILES string of the molecule is COC(=O)[C@H](CCSC)NC(=O)N1CC[NH+](Cc2ccccc2)CC1. The third kappa shape index (κ3) is 6.25. The Balaban J connectivity index is 1.80. The van der Waals surface area contributed by atoms with E-state index >= 15 is 0 Å². The van der Waals surface area contributed by atoms with Gasteiger partial charge in [-0.05, 0) is 18.4 Å². The Labute approximate surface area is 153 Å². The van der Waals surface area contributed by atoms with Crippen LogP contribution in [0.5, 0.6) is 0 Å². The van der Waals surface area contributed by atoms with Crippen molar-refractivity contribution in [2.75, 3.05) is 45.3 Å². The first kappa shape index (κ1) is 19.6. The first-order valence-corrected chi connectivity index (χ1v) is 10.0. The van der Waals surface area contributed by atoms with Crippen molar-refractivity contribution in [3.8, 4) is 0 Å². The van der Waals surface area contributed by atoms with Gasteiger partial charge in [-0.2, -0.15) is 11.8 Å². The molecule has 2 N–H and O–H groups in total. The van der Waals surface area contributed by atoms with Gasteiger partial charge in [-0.3, -0.25) is 0 Å². The van der Waals surface area contributed by atoms with Crippen LogP contribution in [0.3, 0.4) is 0 Å². The van der Waals surface area contributed by atoms with Gasteiger partial charge >= 0.3 is 12.0 Å². The smallest absolute Gasteiger partial charge is 0.328 e. The highest BCUT2D eigenvalue weighted by atomic mass is 32.2. The summed E-state index contributed by atoms with van der Waals surface area (Å²) >= 11 is 1.65. The van der Waals surface area contributed by atoms with Crippen LogP contribution in [0.25, 0.3) is 0 Å². The number of thioether (sulfide) groups is 1. The summed E-state index contributed by atoms with van der Waals surface area (Å²) in [6, 6.07) is 9.67. The van der Waals surface area contributed by atoms with Crippen molar-refractivity contribution >= 4 is 23.8 Å². The molecule has 0 radical (unpaired) electrons. The van der Waals surface area contributed by atoms with Crippen LogP contribution in [0, 0.1) is 0 Å². The second-order valence-corrected chi connectivity index (χ2v) is 7.19. The number of benzene rings is 1. The molecule has 0 unspecified atom stereocenters. The van der Waals surface area contributed by atoms with Crippen molar-refractivity contribution in [3.05, 3.63) is 35.9 Å². The van der Waals surface area contributed by atoms with E-state index in [0.717, 1.165) is 25.4 Å². The van der Waals surface area contributed by atoms with Gasteiger partial charge in [0, 0.05) is 5.56 Å². The molecule has 1 aromatic carbocycles. The maximum atomic E-state index is 12.4. The zero-order valence-corrected chi connectivity index (χ0v) is 15.8. The average molecular weight is 367 g/mol. The predicted octanol–water partition coefficient (Wildman–Crippen LogP) is 0.391. The fraction of sp³-hybridized carbons (Fsp3) is 0.556. The van der Waals surface area contributed by atoms with Crippen LogP contribution in [0.1, 0.15) is 12.0 Å². The molecule has 1 aromatic rings. The van der Waals surface area contributed by atoms with Crippen molar-refractivity contribution in [1.29, 1.82) is 0 Å². The lowest BCUT2D eigenvalue weighted by atomic mass is 10.2. The number of nitrogens with zero attached hydrogens (tertiary/aromatic N) is 1. The van der Waals surface area contributed by atoms with Crippen LogP contribution < -0.4 is 10.2 Å². The summed E-state index contributed by atoms with van der Waals surface area (Å²) in [6.07, 6.45) is 2.56. The Morgan fingerprint density at radius 1 is 1.28 bits per heavy atom. The maximum absolute atomic E-state index is 12.4. The maximum Gasteiger partial charge on any atom is 0.328 e. The van der Waals surface area contributed by atoms with E-state index in [9.17, 15) is 9.59 Å². The lowest BCUT2D eigenvalue weighted by molar-refractivity contribution is -0.917. The van der Waals surface area contributed by atoms with Crippen molar-refractivity contribution in [2.24, 2.45) is 0 Å². The number of esters is 1. The lowest BCUT2D eigenvalue weighted by Gasteiger charge is -2.33. The minimum absolute atomic E-state index is 0.171. The number of methoxy groups -OCH3 is 1. The second-order valence-electron chi connectivity index (χ2n) is 6.21. The van der Waals surface area contributed by atoms with Gasteiger partial charge in [-0.1, -0.05) is 30.3 Å². The topological polar surface area (TPSA) is 63.1 Å². The van der Waals surface area contributed by atoms with Crippen molar-refractivity contribution in [2.45, 2.75) is 19.0 Å². The van der Waals surface area contributed by atoms with Gasteiger partial charge in [0.2, 0.25) is 0 Å². The van der Waals surface area contributed by atoms with E-state index < -0.39 is 6.04 Å². The molecule has 6 nitrogen and oxygen atoms in total. The molecule has 1 aliphatic heterocycles. The Morgan fingerprint density at radius 3 is 2.56 bits per heavy atom. The molecular weight excluding hydrogens is 338 g/mol. The number of nitrogens with one attached hydrogen (secondary N) is 2. The summed E-state index contributed by atoms with van der Waals surface area (Å²) in [5.74, 6) is 0.422. The number of piperazine rings is 1. The zero-order valence-electron chi connectivity index (χ0n) is 15.0. The number of hydrogen-bond acceptors (Lipinski definition) is 4. The molecule has 1 heterocycles.